The number of urea groups is 1. The molecule has 1 aliphatic heterocycles. The third kappa shape index (κ3) is 4.25. The van der Waals surface area contributed by atoms with Crippen LogP contribution in [0, 0.1) is 0 Å². The Morgan fingerprint density at radius 1 is 1.07 bits per heavy atom. The number of para-hydroxylation sites is 1. The molecule has 0 spiro atoms. The van der Waals surface area contributed by atoms with E-state index in [1.54, 1.807) is 21.8 Å². The molecular formula is C19H19F3N6O. The quantitative estimate of drug-likeness (QED) is 0.719. The Balaban J connectivity index is 1.40. The van der Waals surface area contributed by atoms with Gasteiger partial charge in [-0.15, -0.1) is 5.10 Å². The molecule has 1 aliphatic rings. The number of carbonyl (C=O) groups is 1. The van der Waals surface area contributed by atoms with Crippen LogP contribution in [0.4, 0.5) is 23.8 Å². The summed E-state index contributed by atoms with van der Waals surface area (Å²) in [5, 5.41) is 10.7. The number of rotatable bonds is 3. The minimum Gasteiger partial charge on any atom is -0.322 e. The first kappa shape index (κ1) is 19.0. The molecular weight excluding hydrogens is 385 g/mol. The number of aromatic nitrogens is 4. The molecule has 2 amide bonds. The zero-order chi connectivity index (χ0) is 20.4. The van der Waals surface area contributed by atoms with Gasteiger partial charge in [0.15, 0.2) is 11.5 Å². The first-order chi connectivity index (χ1) is 13.9. The summed E-state index contributed by atoms with van der Waals surface area (Å²) in [6.07, 6.45) is -0.0828. The van der Waals surface area contributed by atoms with E-state index in [2.05, 4.69) is 15.5 Å². The molecule has 0 radical (unpaired) electrons. The Morgan fingerprint density at radius 2 is 1.86 bits per heavy atom. The van der Waals surface area contributed by atoms with Crippen LogP contribution < -0.4 is 5.32 Å². The lowest BCUT2D eigenvalue weighted by molar-refractivity contribution is -0.141. The van der Waals surface area contributed by atoms with Gasteiger partial charge in [0.2, 0.25) is 0 Å². The van der Waals surface area contributed by atoms with E-state index < -0.39 is 11.9 Å². The molecule has 1 fully saturated rings. The van der Waals surface area contributed by atoms with Crippen molar-refractivity contribution in [1.29, 1.82) is 0 Å². The predicted molar refractivity (Wildman–Crippen MR) is 99.7 cm³/mol. The van der Waals surface area contributed by atoms with Gasteiger partial charge in [-0.3, -0.25) is 10.00 Å². The van der Waals surface area contributed by atoms with Gasteiger partial charge in [0.1, 0.15) is 0 Å². The summed E-state index contributed by atoms with van der Waals surface area (Å²) >= 11 is 0. The highest BCUT2D eigenvalue weighted by Gasteiger charge is 2.35. The van der Waals surface area contributed by atoms with Crippen LogP contribution >= 0.6 is 0 Å². The fraction of sp³-hybridized carbons (Fsp3) is 0.316. The number of nitrogens with zero attached hydrogens (tertiary/aromatic N) is 5. The van der Waals surface area contributed by atoms with Gasteiger partial charge in [0, 0.05) is 31.5 Å². The average Bonchev–Trinajstić information content (AvgIpc) is 3.38. The van der Waals surface area contributed by atoms with Gasteiger partial charge < -0.3 is 4.90 Å². The second-order valence-electron chi connectivity index (χ2n) is 6.83. The summed E-state index contributed by atoms with van der Waals surface area (Å²) in [4.78, 5) is 14.2. The Labute approximate surface area is 164 Å². The average molecular weight is 404 g/mol. The van der Waals surface area contributed by atoms with Crippen molar-refractivity contribution in [3.05, 3.63) is 60.6 Å². The topological polar surface area (TPSA) is 68.0 Å². The number of amides is 2. The zero-order valence-corrected chi connectivity index (χ0v) is 15.4. The Hall–Kier alpha value is -3.30. The van der Waals surface area contributed by atoms with Gasteiger partial charge in [-0.1, -0.05) is 18.2 Å². The third-order valence-electron chi connectivity index (χ3n) is 4.80. The summed E-state index contributed by atoms with van der Waals surface area (Å²) in [7, 11) is 0. The summed E-state index contributed by atoms with van der Waals surface area (Å²) < 4.78 is 41.3. The van der Waals surface area contributed by atoms with Gasteiger partial charge in [0.25, 0.3) is 0 Å². The molecule has 29 heavy (non-hydrogen) atoms. The Kier molecular flexibility index (Phi) is 4.99. The second kappa shape index (κ2) is 7.61. The molecule has 4 rings (SSSR count). The smallest absolute Gasteiger partial charge is 0.322 e. The highest BCUT2D eigenvalue weighted by Crippen LogP contribution is 2.29. The van der Waals surface area contributed by atoms with Crippen LogP contribution in [0.15, 0.2) is 54.9 Å². The molecule has 1 saturated heterocycles. The number of hydrogen-bond donors (Lipinski definition) is 1. The maximum Gasteiger partial charge on any atom is 0.435 e. The molecule has 0 aliphatic carbocycles. The van der Waals surface area contributed by atoms with E-state index in [1.165, 1.54) is 10.9 Å². The van der Waals surface area contributed by atoms with Crippen LogP contribution in [0.2, 0.25) is 0 Å². The van der Waals surface area contributed by atoms with Crippen molar-refractivity contribution in [1.82, 2.24) is 24.5 Å². The number of likely N-dealkylation sites (tertiary alicyclic amines) is 1. The molecule has 1 unspecified atom stereocenters. The fourth-order valence-corrected chi connectivity index (χ4v) is 3.35. The van der Waals surface area contributed by atoms with Crippen molar-refractivity contribution < 1.29 is 18.0 Å². The highest BCUT2D eigenvalue weighted by molar-refractivity contribution is 5.88. The summed E-state index contributed by atoms with van der Waals surface area (Å²) in [6.45, 7) is 0.805. The number of halogens is 3. The lowest BCUT2D eigenvalue weighted by atomic mass is 10.1. The highest BCUT2D eigenvalue weighted by atomic mass is 19.4. The number of benzene rings is 1. The Bertz CT molecular complexity index is 981. The van der Waals surface area contributed by atoms with Gasteiger partial charge in [-0.05, 0) is 31.0 Å². The standard InChI is InChI=1S/C19H19F3N6O/c20-19(21,22)16-8-11-28(24-16)15-7-4-10-26(13-15)18(29)23-17-9-12-27(25-17)14-5-2-1-3-6-14/h1-3,5-6,8-9,11-12,15H,4,7,10,13H2,(H,23,25,29). The van der Waals surface area contributed by atoms with Gasteiger partial charge in [0.05, 0.1) is 11.7 Å². The summed E-state index contributed by atoms with van der Waals surface area (Å²) in [6, 6.07) is 11.5. The van der Waals surface area contributed by atoms with E-state index in [4.69, 9.17) is 0 Å². The number of carbonyl (C=O) groups excluding carboxylic acids is 1. The number of alkyl halides is 3. The molecule has 3 aromatic rings. The van der Waals surface area contributed by atoms with Crippen LogP contribution in [0.25, 0.3) is 5.69 Å². The molecule has 0 saturated carbocycles. The second-order valence-corrected chi connectivity index (χ2v) is 6.83. The largest absolute Gasteiger partial charge is 0.435 e. The van der Waals surface area contributed by atoms with Crippen molar-refractivity contribution in [2.45, 2.75) is 25.1 Å². The summed E-state index contributed by atoms with van der Waals surface area (Å²) in [5.41, 5.74) is -0.0595. The number of piperidine rings is 1. The van der Waals surface area contributed by atoms with Gasteiger partial charge in [-0.25, -0.2) is 9.48 Å². The van der Waals surface area contributed by atoms with Crippen molar-refractivity contribution >= 4 is 11.8 Å². The van der Waals surface area contributed by atoms with Crippen molar-refractivity contribution in [2.75, 3.05) is 18.4 Å². The number of hydrogen-bond acceptors (Lipinski definition) is 3. The minimum atomic E-state index is -4.48. The lowest BCUT2D eigenvalue weighted by Gasteiger charge is -2.32. The maximum atomic E-state index is 12.8. The Morgan fingerprint density at radius 3 is 2.59 bits per heavy atom. The lowest BCUT2D eigenvalue weighted by Crippen LogP contribution is -2.43. The molecule has 7 nitrogen and oxygen atoms in total. The first-order valence-electron chi connectivity index (χ1n) is 9.19. The van der Waals surface area contributed by atoms with E-state index in [0.717, 1.165) is 11.8 Å². The molecule has 152 valence electrons. The van der Waals surface area contributed by atoms with Crippen LogP contribution in [0.1, 0.15) is 24.6 Å². The van der Waals surface area contributed by atoms with Crippen LogP contribution in [0.3, 0.4) is 0 Å². The molecule has 0 bridgehead atoms. The molecule has 2 aromatic heterocycles. The minimum absolute atomic E-state index is 0.282. The molecule has 1 aromatic carbocycles. The SMILES string of the molecule is O=C(Nc1ccn(-c2ccccc2)n1)N1CCCC(n2ccc(C(F)(F)F)n2)C1. The van der Waals surface area contributed by atoms with Crippen molar-refractivity contribution in [3.8, 4) is 5.69 Å². The molecule has 1 atom stereocenters. The van der Waals surface area contributed by atoms with Gasteiger partial charge in [-0.2, -0.15) is 18.3 Å². The number of anilines is 1. The van der Waals surface area contributed by atoms with Crippen molar-refractivity contribution in [2.24, 2.45) is 0 Å². The summed E-state index contributed by atoms with van der Waals surface area (Å²) in [5.74, 6) is 0.402. The van der Waals surface area contributed by atoms with Gasteiger partial charge >= 0.3 is 12.2 Å². The van der Waals surface area contributed by atoms with E-state index in [0.29, 0.717) is 25.2 Å². The molecule has 1 N–H and O–H groups in total. The van der Waals surface area contributed by atoms with E-state index >= 15 is 0 Å². The van der Waals surface area contributed by atoms with Crippen molar-refractivity contribution in [3.63, 3.8) is 0 Å². The normalized spacial score (nSPS) is 17.3. The van der Waals surface area contributed by atoms with Crippen LogP contribution in [-0.2, 0) is 6.18 Å². The molecule has 10 heteroatoms. The third-order valence-corrected chi connectivity index (χ3v) is 4.80. The fourth-order valence-electron chi connectivity index (χ4n) is 3.35. The monoisotopic (exact) mass is 404 g/mol. The maximum absolute atomic E-state index is 12.8. The molecule has 3 heterocycles. The zero-order valence-electron chi connectivity index (χ0n) is 15.4. The van der Waals surface area contributed by atoms with E-state index in [9.17, 15) is 18.0 Å². The van der Waals surface area contributed by atoms with E-state index in [-0.39, 0.29) is 18.6 Å². The number of nitrogens with one attached hydrogen (secondary N) is 1. The van der Waals surface area contributed by atoms with E-state index in [1.807, 2.05) is 30.3 Å². The first-order valence-corrected chi connectivity index (χ1v) is 9.19. The van der Waals surface area contributed by atoms with Crippen LogP contribution in [-0.4, -0.2) is 43.6 Å². The predicted octanol–water partition coefficient (Wildman–Crippen LogP) is 3.96. The van der Waals surface area contributed by atoms with Crippen LogP contribution in [0.5, 0.6) is 0 Å².